The van der Waals surface area contributed by atoms with Gasteiger partial charge in [-0.25, -0.2) is 9.78 Å². The van der Waals surface area contributed by atoms with Crippen molar-refractivity contribution in [2.24, 2.45) is 0 Å². The van der Waals surface area contributed by atoms with Gasteiger partial charge in [0.1, 0.15) is 12.1 Å². The van der Waals surface area contributed by atoms with Gasteiger partial charge in [-0.1, -0.05) is 54.6 Å². The number of nitrogens with zero attached hydrogens (tertiary/aromatic N) is 2. The Morgan fingerprint density at radius 2 is 1.67 bits per heavy atom. The number of ether oxygens (including phenoxy) is 1. The number of piperidine rings is 1. The summed E-state index contributed by atoms with van der Waals surface area (Å²) in [4.78, 5) is 19.6. The molecule has 4 aromatic rings. The van der Waals surface area contributed by atoms with Crippen LogP contribution in [0.4, 0.5) is 4.79 Å². The Morgan fingerprint density at radius 1 is 1.03 bits per heavy atom. The first-order valence-electron chi connectivity index (χ1n) is 12.7. The van der Waals surface area contributed by atoms with E-state index >= 15 is 0 Å². The summed E-state index contributed by atoms with van der Waals surface area (Å²) in [6.45, 7) is 2.13. The normalized spacial score (nSPS) is 24.7. The molecule has 7 rings (SSSR count). The number of carbonyl (C=O) groups is 1. The van der Waals surface area contributed by atoms with Gasteiger partial charge < -0.3 is 19.2 Å². The highest BCUT2D eigenvalue weighted by molar-refractivity contribution is 5.79. The highest BCUT2D eigenvalue weighted by Gasteiger charge is 2.51. The van der Waals surface area contributed by atoms with E-state index in [1.807, 2.05) is 42.2 Å². The Bertz CT molecular complexity index is 1430. The summed E-state index contributed by atoms with van der Waals surface area (Å²) >= 11 is 0. The molecule has 1 amide bonds. The zero-order chi connectivity index (χ0) is 24.4. The van der Waals surface area contributed by atoms with E-state index in [0.29, 0.717) is 30.9 Å². The predicted octanol–water partition coefficient (Wildman–Crippen LogP) is 5.90. The number of aromatic nitrogens is 1. The molecule has 6 heteroatoms. The molecule has 2 fully saturated rings. The molecule has 3 aliphatic rings. The number of carbonyl (C=O) groups excluding carboxylic acids is 1. The van der Waals surface area contributed by atoms with Crippen molar-refractivity contribution in [1.82, 2.24) is 9.88 Å². The number of aryl methyl sites for hydroxylation is 1. The van der Waals surface area contributed by atoms with Crippen LogP contribution in [0.15, 0.2) is 71.1 Å². The Labute approximate surface area is 209 Å². The first-order chi connectivity index (χ1) is 17.5. The molecule has 2 saturated heterocycles. The van der Waals surface area contributed by atoms with E-state index in [2.05, 4.69) is 41.4 Å². The topological polar surface area (TPSA) is 75.8 Å². The number of amides is 1. The third kappa shape index (κ3) is 3.28. The minimum atomic E-state index is -0.999. The second kappa shape index (κ2) is 7.93. The van der Waals surface area contributed by atoms with E-state index in [1.165, 1.54) is 22.3 Å². The van der Waals surface area contributed by atoms with Crippen LogP contribution in [0.25, 0.3) is 22.2 Å². The summed E-state index contributed by atoms with van der Waals surface area (Å²) in [6, 6.07) is 22.4. The van der Waals surface area contributed by atoms with Crippen LogP contribution in [-0.4, -0.2) is 39.8 Å². The number of oxazole rings is 1. The van der Waals surface area contributed by atoms with Crippen LogP contribution in [0, 0.1) is 6.92 Å². The summed E-state index contributed by atoms with van der Waals surface area (Å²) in [6.07, 6.45) is 2.47. The quantitative estimate of drug-likeness (QED) is 0.395. The molecule has 2 aliphatic heterocycles. The maximum atomic E-state index is 13.4. The fourth-order valence-corrected chi connectivity index (χ4v) is 6.76. The van der Waals surface area contributed by atoms with Gasteiger partial charge in [0.2, 0.25) is 0 Å². The number of benzene rings is 3. The Balaban J connectivity index is 1.09. The van der Waals surface area contributed by atoms with Gasteiger partial charge in [-0.3, -0.25) is 0 Å². The van der Waals surface area contributed by atoms with Crippen LogP contribution in [0.5, 0.6) is 0 Å². The predicted molar refractivity (Wildman–Crippen MR) is 136 cm³/mol. The van der Waals surface area contributed by atoms with Gasteiger partial charge in [-0.05, 0) is 52.8 Å². The number of hydrogen-bond donors (Lipinski definition) is 1. The molecule has 6 nitrogen and oxygen atoms in total. The average molecular weight is 481 g/mol. The number of aliphatic hydroxyl groups is 1. The fraction of sp³-hybridized carbons (Fsp3) is 0.333. The van der Waals surface area contributed by atoms with E-state index in [9.17, 15) is 9.90 Å². The minimum Gasteiger partial charge on any atom is -0.448 e. The van der Waals surface area contributed by atoms with E-state index in [1.54, 1.807) is 0 Å². The third-order valence-electron chi connectivity index (χ3n) is 8.35. The monoisotopic (exact) mass is 480 g/mol. The summed E-state index contributed by atoms with van der Waals surface area (Å²) < 4.78 is 11.7. The molecular formula is C30H28N2O4. The lowest BCUT2D eigenvalue weighted by molar-refractivity contribution is -0.0530. The van der Waals surface area contributed by atoms with Gasteiger partial charge in [0.15, 0.2) is 11.5 Å². The SMILES string of the molecule is Cc1nc2ccc(C3(O)CC4CCC(C3)N4C(=O)OCC3c4ccccc4-c4ccccc43)cc2o1. The molecular weight excluding hydrogens is 452 g/mol. The average Bonchev–Trinajstić information content (AvgIpc) is 3.51. The molecule has 2 unspecified atom stereocenters. The van der Waals surface area contributed by atoms with Crippen molar-refractivity contribution in [3.05, 3.63) is 89.3 Å². The molecule has 3 aromatic carbocycles. The first kappa shape index (κ1) is 21.6. The van der Waals surface area contributed by atoms with Gasteiger partial charge in [0.05, 0.1) is 5.60 Å². The third-order valence-corrected chi connectivity index (χ3v) is 8.35. The van der Waals surface area contributed by atoms with Crippen LogP contribution in [0.2, 0.25) is 0 Å². The molecule has 0 saturated carbocycles. The van der Waals surface area contributed by atoms with E-state index in [-0.39, 0.29) is 24.1 Å². The second-order valence-corrected chi connectivity index (χ2v) is 10.5. The van der Waals surface area contributed by atoms with Crippen LogP contribution in [0.1, 0.15) is 54.2 Å². The highest BCUT2D eigenvalue weighted by Crippen LogP contribution is 2.47. The van der Waals surface area contributed by atoms with Crippen LogP contribution in [-0.2, 0) is 10.3 Å². The molecule has 1 N–H and O–H groups in total. The van der Waals surface area contributed by atoms with Crippen molar-refractivity contribution in [2.75, 3.05) is 6.61 Å². The Kier molecular flexibility index (Phi) is 4.77. The lowest BCUT2D eigenvalue weighted by Crippen LogP contribution is -2.52. The summed E-state index contributed by atoms with van der Waals surface area (Å²) in [5.41, 5.74) is 6.16. The van der Waals surface area contributed by atoms with Gasteiger partial charge in [0.25, 0.3) is 0 Å². The first-order valence-corrected chi connectivity index (χ1v) is 12.7. The van der Waals surface area contributed by atoms with Gasteiger partial charge in [0, 0.05) is 37.8 Å². The lowest BCUT2D eigenvalue weighted by Gasteiger charge is -2.43. The molecule has 2 bridgehead atoms. The number of rotatable bonds is 3. The Hall–Kier alpha value is -3.64. The second-order valence-electron chi connectivity index (χ2n) is 10.5. The molecule has 0 spiro atoms. The highest BCUT2D eigenvalue weighted by atomic mass is 16.6. The molecule has 182 valence electrons. The van der Waals surface area contributed by atoms with Gasteiger partial charge in [-0.15, -0.1) is 0 Å². The summed E-state index contributed by atoms with van der Waals surface area (Å²) in [7, 11) is 0. The van der Waals surface area contributed by atoms with Crippen LogP contribution < -0.4 is 0 Å². The van der Waals surface area contributed by atoms with E-state index in [4.69, 9.17) is 9.15 Å². The zero-order valence-corrected chi connectivity index (χ0v) is 20.2. The van der Waals surface area contributed by atoms with Crippen molar-refractivity contribution < 1.29 is 19.1 Å². The molecule has 3 heterocycles. The van der Waals surface area contributed by atoms with E-state index in [0.717, 1.165) is 23.9 Å². The maximum absolute atomic E-state index is 13.4. The van der Waals surface area contributed by atoms with Gasteiger partial charge in [-0.2, -0.15) is 0 Å². The summed E-state index contributed by atoms with van der Waals surface area (Å²) in [5, 5.41) is 11.7. The van der Waals surface area contributed by atoms with Crippen molar-refractivity contribution in [3.63, 3.8) is 0 Å². The van der Waals surface area contributed by atoms with Crippen molar-refractivity contribution >= 4 is 17.2 Å². The fourth-order valence-electron chi connectivity index (χ4n) is 6.76. The minimum absolute atomic E-state index is 0.0396. The molecule has 0 radical (unpaired) electrons. The van der Waals surface area contributed by atoms with E-state index < -0.39 is 5.60 Å². The van der Waals surface area contributed by atoms with Crippen LogP contribution in [0.3, 0.4) is 0 Å². The smallest absolute Gasteiger partial charge is 0.410 e. The lowest BCUT2D eigenvalue weighted by atomic mass is 9.80. The zero-order valence-electron chi connectivity index (χ0n) is 20.2. The number of fused-ring (bicyclic) bond motifs is 6. The molecule has 2 atom stereocenters. The van der Waals surface area contributed by atoms with Crippen molar-refractivity contribution in [2.45, 2.75) is 56.2 Å². The maximum Gasteiger partial charge on any atom is 0.410 e. The van der Waals surface area contributed by atoms with Crippen LogP contribution >= 0.6 is 0 Å². The van der Waals surface area contributed by atoms with Crippen molar-refractivity contribution in [3.8, 4) is 11.1 Å². The number of hydrogen-bond acceptors (Lipinski definition) is 5. The Morgan fingerprint density at radius 3 is 2.33 bits per heavy atom. The summed E-state index contributed by atoms with van der Waals surface area (Å²) in [5.74, 6) is 0.650. The van der Waals surface area contributed by atoms with Gasteiger partial charge >= 0.3 is 6.09 Å². The standard InChI is InChI=1S/C30H28N2O4/c1-18-31-27-13-10-19(14-28(27)36-18)30(34)15-20-11-12-21(16-30)32(20)29(33)35-17-26-24-8-4-2-6-22(24)23-7-3-5-9-25(23)26/h2-10,13-14,20-21,26,34H,11-12,15-17H2,1H3. The molecule has 36 heavy (non-hydrogen) atoms. The molecule has 1 aliphatic carbocycles. The van der Waals surface area contributed by atoms with Crippen molar-refractivity contribution in [1.29, 1.82) is 0 Å². The largest absolute Gasteiger partial charge is 0.448 e. The molecule has 1 aromatic heterocycles.